The number of nitro groups is 1. The Morgan fingerprint density at radius 3 is 2.75 bits per heavy atom. The van der Waals surface area contributed by atoms with Crippen molar-refractivity contribution >= 4 is 17.5 Å². The molecular formula is C18H25N7O3. The molecule has 0 radical (unpaired) electrons. The maximum Gasteiger partial charge on any atom is 0.332 e. The van der Waals surface area contributed by atoms with Gasteiger partial charge in [-0.3, -0.25) is 15.1 Å². The predicted molar refractivity (Wildman–Crippen MR) is 105 cm³/mol. The number of aromatic nitrogens is 3. The first-order chi connectivity index (χ1) is 13.5. The number of ether oxygens (including phenoxy) is 1. The van der Waals surface area contributed by atoms with Gasteiger partial charge >= 0.3 is 5.69 Å². The lowest BCUT2D eigenvalue weighted by Crippen LogP contribution is -2.27. The Morgan fingerprint density at radius 1 is 1.32 bits per heavy atom. The van der Waals surface area contributed by atoms with Crippen LogP contribution in [0.2, 0.25) is 0 Å². The molecule has 0 bridgehead atoms. The molecule has 2 aromatic rings. The predicted octanol–water partition coefficient (Wildman–Crippen LogP) is 2.04. The molecule has 2 heterocycles. The molecule has 1 aliphatic rings. The lowest BCUT2D eigenvalue weighted by atomic mass is 9.83. The minimum Gasteiger partial charge on any atom is -0.496 e. The minimum absolute atomic E-state index is 0.136. The van der Waals surface area contributed by atoms with Gasteiger partial charge in [0.1, 0.15) is 11.4 Å². The van der Waals surface area contributed by atoms with Gasteiger partial charge in [-0.15, -0.1) is 0 Å². The van der Waals surface area contributed by atoms with Gasteiger partial charge in [-0.25, -0.2) is 4.98 Å². The summed E-state index contributed by atoms with van der Waals surface area (Å²) in [6.07, 6.45) is 7.50. The number of rotatable bonds is 7. The third-order valence-electron chi connectivity index (χ3n) is 5.05. The van der Waals surface area contributed by atoms with Gasteiger partial charge in [0.15, 0.2) is 0 Å². The van der Waals surface area contributed by atoms with E-state index < -0.39 is 4.92 Å². The molecule has 0 aromatic carbocycles. The van der Waals surface area contributed by atoms with Crippen molar-refractivity contribution in [3.05, 3.63) is 39.8 Å². The largest absolute Gasteiger partial charge is 0.496 e. The summed E-state index contributed by atoms with van der Waals surface area (Å²) in [6, 6.07) is 1.97. The van der Waals surface area contributed by atoms with Crippen molar-refractivity contribution in [3.63, 3.8) is 0 Å². The number of nitrogens with two attached hydrogens (primary N) is 2. The van der Waals surface area contributed by atoms with E-state index in [1.807, 2.05) is 0 Å². The highest BCUT2D eigenvalue weighted by molar-refractivity contribution is 5.58. The molecule has 0 spiro atoms. The fourth-order valence-electron chi connectivity index (χ4n) is 3.53. The van der Waals surface area contributed by atoms with Crippen LogP contribution in [0, 0.1) is 16.0 Å². The number of pyridine rings is 1. The smallest absolute Gasteiger partial charge is 0.332 e. The van der Waals surface area contributed by atoms with E-state index in [0.717, 1.165) is 31.2 Å². The van der Waals surface area contributed by atoms with Crippen LogP contribution >= 0.6 is 0 Å². The van der Waals surface area contributed by atoms with Crippen LogP contribution in [0.5, 0.6) is 5.75 Å². The molecule has 150 valence electrons. The molecule has 5 N–H and O–H groups in total. The van der Waals surface area contributed by atoms with E-state index in [0.29, 0.717) is 30.3 Å². The molecule has 0 amide bonds. The van der Waals surface area contributed by atoms with E-state index >= 15 is 0 Å². The first kappa shape index (κ1) is 19.7. The maximum atomic E-state index is 11.5. The molecule has 0 saturated heterocycles. The first-order valence-electron chi connectivity index (χ1n) is 9.25. The van der Waals surface area contributed by atoms with Gasteiger partial charge in [-0.2, -0.15) is 4.98 Å². The van der Waals surface area contributed by atoms with Crippen molar-refractivity contribution < 1.29 is 9.66 Å². The number of hydrogen-bond acceptors (Lipinski definition) is 9. The highest BCUT2D eigenvalue weighted by atomic mass is 16.6. The zero-order valence-electron chi connectivity index (χ0n) is 15.8. The van der Waals surface area contributed by atoms with Gasteiger partial charge in [-0.05, 0) is 44.1 Å². The van der Waals surface area contributed by atoms with Gasteiger partial charge in [0.25, 0.3) is 0 Å². The summed E-state index contributed by atoms with van der Waals surface area (Å²) in [5.41, 5.74) is 12.8. The Balaban J connectivity index is 1.80. The Hall–Kier alpha value is -3.01. The Bertz CT molecular complexity index is 838. The third kappa shape index (κ3) is 4.63. The van der Waals surface area contributed by atoms with Crippen molar-refractivity contribution in [2.75, 3.05) is 18.2 Å². The highest BCUT2D eigenvalue weighted by Crippen LogP contribution is 2.32. The number of nitrogens with one attached hydrogen (secondary N) is 1. The highest BCUT2D eigenvalue weighted by Gasteiger charge is 2.27. The number of anilines is 2. The summed E-state index contributed by atoms with van der Waals surface area (Å²) in [5.74, 6) is 1.09. The van der Waals surface area contributed by atoms with Crippen LogP contribution in [0.15, 0.2) is 18.5 Å². The van der Waals surface area contributed by atoms with E-state index in [1.165, 1.54) is 0 Å². The average molecular weight is 387 g/mol. The lowest BCUT2D eigenvalue weighted by Gasteiger charge is -2.25. The number of nitrogen functional groups attached to an aromatic ring is 1. The topological polar surface area (TPSA) is 155 Å². The monoisotopic (exact) mass is 387 g/mol. The van der Waals surface area contributed by atoms with Gasteiger partial charge in [-0.1, -0.05) is 0 Å². The van der Waals surface area contributed by atoms with Crippen molar-refractivity contribution in [3.8, 4) is 5.75 Å². The zero-order valence-corrected chi connectivity index (χ0v) is 15.8. The van der Waals surface area contributed by atoms with Crippen LogP contribution in [0.25, 0.3) is 0 Å². The molecule has 0 atom stereocenters. The van der Waals surface area contributed by atoms with Crippen molar-refractivity contribution in [2.24, 2.45) is 11.7 Å². The molecule has 10 nitrogen and oxygen atoms in total. The van der Waals surface area contributed by atoms with Gasteiger partial charge in [0.2, 0.25) is 11.8 Å². The van der Waals surface area contributed by atoms with Crippen LogP contribution in [-0.2, 0) is 13.0 Å². The third-order valence-corrected chi connectivity index (χ3v) is 5.05. The van der Waals surface area contributed by atoms with Crippen LogP contribution < -0.4 is 21.5 Å². The number of nitrogens with zero attached hydrogens (tertiary/aromatic N) is 4. The summed E-state index contributed by atoms with van der Waals surface area (Å²) in [7, 11) is 1.58. The van der Waals surface area contributed by atoms with E-state index in [1.54, 1.807) is 25.6 Å². The van der Waals surface area contributed by atoms with Crippen LogP contribution in [0.4, 0.5) is 17.5 Å². The normalized spacial score (nSPS) is 19.2. The van der Waals surface area contributed by atoms with Gasteiger partial charge < -0.3 is 21.5 Å². The standard InChI is InChI=1S/C18H25N7O3/c1-28-15-6-7-21-9-12(15)10-22-18-23-14(16(25(26)27)17(20)24-18)8-11-2-4-13(19)5-3-11/h6-7,9,11,13H,2-5,8,10,19H2,1H3,(H3,20,22,23,24). The molecule has 28 heavy (non-hydrogen) atoms. The Labute approximate surface area is 162 Å². The van der Waals surface area contributed by atoms with E-state index in [2.05, 4.69) is 20.3 Å². The Kier molecular flexibility index (Phi) is 6.19. The van der Waals surface area contributed by atoms with Crippen LogP contribution in [0.3, 0.4) is 0 Å². The molecule has 3 rings (SSSR count). The first-order valence-corrected chi connectivity index (χ1v) is 9.25. The molecule has 0 aliphatic heterocycles. The summed E-state index contributed by atoms with van der Waals surface area (Å²) in [6.45, 7) is 0.353. The number of hydrogen-bond donors (Lipinski definition) is 3. The van der Waals surface area contributed by atoms with Crippen molar-refractivity contribution in [1.29, 1.82) is 0 Å². The lowest BCUT2D eigenvalue weighted by molar-refractivity contribution is -0.385. The second kappa shape index (κ2) is 8.79. The van der Waals surface area contributed by atoms with E-state index in [-0.39, 0.29) is 23.5 Å². The van der Waals surface area contributed by atoms with Crippen molar-refractivity contribution in [1.82, 2.24) is 15.0 Å². The SMILES string of the molecule is COc1ccncc1CNc1nc(N)c([N+](=O)[O-])c(CC2CCC(N)CC2)n1. The fraction of sp³-hybridized carbons (Fsp3) is 0.500. The minimum atomic E-state index is -0.507. The molecule has 1 aliphatic carbocycles. The van der Waals surface area contributed by atoms with Gasteiger partial charge in [0.05, 0.1) is 12.0 Å². The van der Waals surface area contributed by atoms with E-state index in [9.17, 15) is 10.1 Å². The molecule has 1 fully saturated rings. The van der Waals surface area contributed by atoms with E-state index in [4.69, 9.17) is 16.2 Å². The second-order valence-corrected chi connectivity index (χ2v) is 7.01. The quantitative estimate of drug-likeness (QED) is 0.478. The summed E-state index contributed by atoms with van der Waals surface area (Å²) >= 11 is 0. The van der Waals surface area contributed by atoms with Gasteiger partial charge in [0, 0.05) is 30.5 Å². The molecule has 2 aromatic heterocycles. The van der Waals surface area contributed by atoms with Crippen LogP contribution in [-0.4, -0.2) is 33.0 Å². The Morgan fingerprint density at radius 2 is 2.07 bits per heavy atom. The summed E-state index contributed by atoms with van der Waals surface area (Å²) < 4.78 is 5.30. The number of methoxy groups -OCH3 is 1. The average Bonchev–Trinajstić information content (AvgIpc) is 2.67. The summed E-state index contributed by atoms with van der Waals surface area (Å²) in [5, 5.41) is 14.6. The molecular weight excluding hydrogens is 362 g/mol. The van der Waals surface area contributed by atoms with Crippen LogP contribution in [0.1, 0.15) is 36.9 Å². The fourth-order valence-corrected chi connectivity index (χ4v) is 3.53. The molecule has 1 saturated carbocycles. The second-order valence-electron chi connectivity index (χ2n) is 7.01. The zero-order chi connectivity index (χ0) is 20.1. The molecule has 10 heteroatoms. The summed E-state index contributed by atoms with van der Waals surface area (Å²) in [4.78, 5) is 23.5. The van der Waals surface area contributed by atoms with Crippen molar-refractivity contribution in [2.45, 2.75) is 44.7 Å². The maximum absolute atomic E-state index is 11.5. The molecule has 0 unspecified atom stereocenters.